The van der Waals surface area contributed by atoms with Gasteiger partial charge in [0.05, 0.1) is 5.56 Å². The van der Waals surface area contributed by atoms with Gasteiger partial charge in [0.2, 0.25) is 11.8 Å². The number of nitrogens with one attached hydrogen (secondary N) is 2. The molecule has 4 fully saturated rings. The summed E-state index contributed by atoms with van der Waals surface area (Å²) in [6, 6.07) is 2.55. The van der Waals surface area contributed by atoms with Crippen LogP contribution in [0.5, 0.6) is 0 Å². The van der Waals surface area contributed by atoms with Gasteiger partial charge in [0.25, 0.3) is 5.91 Å². The minimum atomic E-state index is -0.604. The third-order valence-corrected chi connectivity index (χ3v) is 6.18. The number of piperazine rings is 1. The molecule has 0 spiro atoms. The maximum absolute atomic E-state index is 12.7. The van der Waals surface area contributed by atoms with Crippen LogP contribution in [0.4, 0.5) is 0 Å². The van der Waals surface area contributed by atoms with Gasteiger partial charge in [-0.15, -0.1) is 0 Å². The average molecular weight is 393 g/mol. The number of hydrogen-bond acceptors (Lipinski definition) is 6. The van der Waals surface area contributed by atoms with Gasteiger partial charge in [0.15, 0.2) is 0 Å². The molecule has 150 valence electrons. The molecule has 5 aliphatic heterocycles. The van der Waals surface area contributed by atoms with Crippen molar-refractivity contribution in [3.05, 3.63) is 29.1 Å². The van der Waals surface area contributed by atoms with Crippen molar-refractivity contribution in [3.63, 3.8) is 0 Å². The Balaban J connectivity index is 1.21. The quantitative estimate of drug-likeness (QED) is 0.538. The number of piperidine rings is 2. The summed E-state index contributed by atoms with van der Waals surface area (Å²) in [5.41, 5.74) is 1.99. The largest absolute Gasteiger partial charge is 0.322 e. The lowest BCUT2D eigenvalue weighted by atomic mass is 9.91. The molecule has 3 atom stereocenters. The highest BCUT2D eigenvalue weighted by Crippen LogP contribution is 2.27. The monoisotopic (exact) mass is 393 g/mol. The first kappa shape index (κ1) is 18.3. The SMILES string of the molecule is O=C1CCC(N2Cc3cc(C#CCCN4CC5CC(C4)N5)ncc3C2=O)C(=O)N1. The lowest BCUT2D eigenvalue weighted by molar-refractivity contribution is -0.136. The van der Waals surface area contributed by atoms with Crippen molar-refractivity contribution in [2.45, 2.75) is 50.4 Å². The van der Waals surface area contributed by atoms with E-state index in [4.69, 9.17) is 0 Å². The lowest BCUT2D eigenvalue weighted by Gasteiger charge is -2.48. The molecule has 6 rings (SSSR count). The fraction of sp³-hybridized carbons (Fsp3) is 0.524. The molecule has 8 nitrogen and oxygen atoms in total. The molecule has 0 radical (unpaired) electrons. The molecular formula is C21H23N5O3. The van der Waals surface area contributed by atoms with Crippen LogP contribution in [-0.2, 0) is 16.1 Å². The molecule has 3 amide bonds. The van der Waals surface area contributed by atoms with E-state index in [1.165, 1.54) is 11.3 Å². The van der Waals surface area contributed by atoms with Crippen LogP contribution in [0.1, 0.15) is 47.3 Å². The molecule has 5 aliphatic rings. The Morgan fingerprint density at radius 1 is 1.21 bits per heavy atom. The first-order chi connectivity index (χ1) is 14.1. The van der Waals surface area contributed by atoms with Crippen molar-refractivity contribution < 1.29 is 14.4 Å². The van der Waals surface area contributed by atoms with Crippen molar-refractivity contribution in [1.29, 1.82) is 0 Å². The normalized spacial score (nSPS) is 28.3. The molecule has 1 aromatic rings. The zero-order valence-electron chi connectivity index (χ0n) is 16.1. The van der Waals surface area contributed by atoms with Crippen molar-refractivity contribution >= 4 is 17.7 Å². The van der Waals surface area contributed by atoms with Crippen molar-refractivity contribution in [2.75, 3.05) is 19.6 Å². The number of amides is 3. The van der Waals surface area contributed by atoms with E-state index < -0.39 is 11.9 Å². The number of hydrogen-bond donors (Lipinski definition) is 2. The predicted molar refractivity (Wildman–Crippen MR) is 104 cm³/mol. The first-order valence-electron chi connectivity index (χ1n) is 10.2. The third-order valence-electron chi connectivity index (χ3n) is 6.18. The molecule has 4 saturated heterocycles. The van der Waals surface area contributed by atoms with Crippen LogP contribution in [-0.4, -0.2) is 70.3 Å². The van der Waals surface area contributed by atoms with E-state index in [1.807, 2.05) is 6.07 Å². The molecule has 6 heterocycles. The van der Waals surface area contributed by atoms with Gasteiger partial charge in [-0.25, -0.2) is 4.98 Å². The topological polar surface area (TPSA) is 94.6 Å². The Morgan fingerprint density at radius 2 is 2.00 bits per heavy atom. The van der Waals surface area contributed by atoms with E-state index in [9.17, 15) is 14.4 Å². The molecular weight excluding hydrogens is 370 g/mol. The van der Waals surface area contributed by atoms with Gasteiger partial charge in [-0.1, -0.05) is 5.92 Å². The minimum Gasteiger partial charge on any atom is -0.322 e. The summed E-state index contributed by atoms with van der Waals surface area (Å²) in [6.45, 7) is 3.52. The Kier molecular flexibility index (Phi) is 4.57. The van der Waals surface area contributed by atoms with E-state index in [-0.39, 0.29) is 18.2 Å². The van der Waals surface area contributed by atoms with Gasteiger partial charge in [0, 0.05) is 57.3 Å². The fourth-order valence-electron chi connectivity index (χ4n) is 4.68. The van der Waals surface area contributed by atoms with Crippen LogP contribution >= 0.6 is 0 Å². The molecule has 2 N–H and O–H groups in total. The first-order valence-corrected chi connectivity index (χ1v) is 10.2. The van der Waals surface area contributed by atoms with Crippen molar-refractivity contribution in [2.24, 2.45) is 0 Å². The Bertz CT molecular complexity index is 933. The smallest absolute Gasteiger partial charge is 0.256 e. The highest BCUT2D eigenvalue weighted by molar-refractivity contribution is 6.05. The standard InChI is InChI=1S/C21H23N5O3/c27-19-5-4-18(20(28)24-19)26-10-13-7-14(22-9-17(13)21(26)29)3-1-2-6-25-11-15-8-16(12-25)23-15/h7,9,15-16,18,23H,2,4-6,8,10-12H2,(H,24,27,28). The van der Waals surface area contributed by atoms with Crippen LogP contribution in [0.25, 0.3) is 0 Å². The maximum Gasteiger partial charge on any atom is 0.256 e. The summed E-state index contributed by atoms with van der Waals surface area (Å²) < 4.78 is 0. The van der Waals surface area contributed by atoms with Crippen LogP contribution in [0, 0.1) is 11.8 Å². The van der Waals surface area contributed by atoms with Crippen LogP contribution in [0.3, 0.4) is 0 Å². The van der Waals surface area contributed by atoms with E-state index in [0.29, 0.717) is 36.3 Å². The van der Waals surface area contributed by atoms with Crippen LogP contribution < -0.4 is 10.6 Å². The summed E-state index contributed by atoms with van der Waals surface area (Å²) in [7, 11) is 0. The zero-order chi connectivity index (χ0) is 20.0. The van der Waals surface area contributed by atoms with Crippen molar-refractivity contribution in [1.82, 2.24) is 25.4 Å². The average Bonchev–Trinajstić information content (AvgIpc) is 3.01. The van der Waals surface area contributed by atoms with Gasteiger partial charge < -0.3 is 10.2 Å². The number of fused-ring (bicyclic) bond motifs is 3. The van der Waals surface area contributed by atoms with E-state index in [0.717, 1.165) is 31.6 Å². The Labute approximate surface area is 169 Å². The summed E-state index contributed by atoms with van der Waals surface area (Å²) in [6.07, 6.45) is 4.25. The third kappa shape index (κ3) is 3.52. The predicted octanol–water partition coefficient (Wildman–Crippen LogP) is -0.370. The Hall–Kier alpha value is -2.76. The number of imide groups is 1. The molecule has 1 aromatic heterocycles. The zero-order valence-corrected chi connectivity index (χ0v) is 16.1. The molecule has 0 aromatic carbocycles. The second-order valence-electron chi connectivity index (χ2n) is 8.23. The fourth-order valence-corrected chi connectivity index (χ4v) is 4.68. The summed E-state index contributed by atoms with van der Waals surface area (Å²) in [4.78, 5) is 44.4. The van der Waals surface area contributed by atoms with E-state index >= 15 is 0 Å². The molecule has 29 heavy (non-hydrogen) atoms. The lowest BCUT2D eigenvalue weighted by Crippen LogP contribution is -2.66. The number of pyridine rings is 1. The molecule has 8 heteroatoms. The van der Waals surface area contributed by atoms with Gasteiger partial charge in [-0.05, 0) is 30.4 Å². The summed E-state index contributed by atoms with van der Waals surface area (Å²) in [5.74, 6) is 5.40. The number of carbonyl (C=O) groups is 3. The van der Waals surface area contributed by atoms with E-state index in [1.54, 1.807) is 6.20 Å². The second kappa shape index (κ2) is 7.25. The number of rotatable bonds is 3. The van der Waals surface area contributed by atoms with Gasteiger partial charge in [-0.2, -0.15) is 0 Å². The molecule has 0 aliphatic carbocycles. The van der Waals surface area contributed by atoms with Gasteiger partial charge in [-0.3, -0.25) is 24.6 Å². The Morgan fingerprint density at radius 3 is 2.76 bits per heavy atom. The molecule has 0 saturated carbocycles. The van der Waals surface area contributed by atoms with Gasteiger partial charge in [0.1, 0.15) is 11.7 Å². The molecule has 2 bridgehead atoms. The highest BCUT2D eigenvalue weighted by atomic mass is 16.2. The number of carbonyl (C=O) groups excluding carboxylic acids is 3. The van der Waals surface area contributed by atoms with Crippen LogP contribution in [0.15, 0.2) is 12.3 Å². The number of nitrogens with zero attached hydrogens (tertiary/aromatic N) is 3. The van der Waals surface area contributed by atoms with E-state index in [2.05, 4.69) is 32.4 Å². The van der Waals surface area contributed by atoms with Crippen molar-refractivity contribution in [3.8, 4) is 11.8 Å². The molecule has 3 unspecified atom stereocenters. The summed E-state index contributed by atoms with van der Waals surface area (Å²) >= 11 is 0. The number of aromatic nitrogens is 1. The highest BCUT2D eigenvalue weighted by Gasteiger charge is 2.39. The summed E-state index contributed by atoms with van der Waals surface area (Å²) in [5, 5.41) is 5.84. The van der Waals surface area contributed by atoms with Gasteiger partial charge >= 0.3 is 0 Å². The second-order valence-corrected chi connectivity index (χ2v) is 8.23. The maximum atomic E-state index is 12.7. The minimum absolute atomic E-state index is 0.209. The van der Waals surface area contributed by atoms with Crippen LogP contribution in [0.2, 0.25) is 0 Å².